The first-order chi connectivity index (χ1) is 9.23. The van der Waals surface area contributed by atoms with Gasteiger partial charge in [-0.25, -0.2) is 9.34 Å². The van der Waals surface area contributed by atoms with Crippen LogP contribution >= 0.6 is 8.45 Å². The molecule has 120 valence electrons. The molecule has 0 amide bonds. The molecule has 0 saturated carbocycles. The molecule has 5 heteroatoms. The second kappa shape index (κ2) is 9.83. The van der Waals surface area contributed by atoms with Crippen molar-refractivity contribution in [3.05, 3.63) is 0 Å². The number of hydrogen-bond acceptors (Lipinski definition) is 4. The normalized spacial score (nSPS) is 12.9. The molecule has 0 bridgehead atoms. The van der Waals surface area contributed by atoms with E-state index in [4.69, 9.17) is 9.93 Å². The third-order valence-electron chi connectivity index (χ3n) is 2.98. The van der Waals surface area contributed by atoms with Gasteiger partial charge in [-0.05, 0) is 61.6 Å². The maximum atomic E-state index is 7.17. The minimum absolute atomic E-state index is 0.445. The van der Waals surface area contributed by atoms with E-state index in [0.717, 1.165) is 0 Å². The number of hydrogen-bond donors (Lipinski definition) is 1. The monoisotopic (exact) mass is 303 g/mol. The standard InChI is InChI=1S/C15H34N3OP/c1-12(2)17(13(3)4)20(19-11-9-10-16)18(14(5)6)15(7)8/h10,12-16H,9,11H2,1-8H3. The molecular weight excluding hydrogens is 269 g/mol. The van der Waals surface area contributed by atoms with Crippen molar-refractivity contribution in [1.29, 1.82) is 5.41 Å². The Hall–Kier alpha value is -0.0200. The van der Waals surface area contributed by atoms with Crippen molar-refractivity contribution in [1.82, 2.24) is 9.34 Å². The van der Waals surface area contributed by atoms with Crippen LogP contribution in [0, 0.1) is 5.41 Å². The van der Waals surface area contributed by atoms with Gasteiger partial charge in [-0.3, -0.25) is 0 Å². The highest BCUT2D eigenvalue weighted by atomic mass is 31.2. The summed E-state index contributed by atoms with van der Waals surface area (Å²) in [4.78, 5) is 0. The first kappa shape index (κ1) is 20.0. The van der Waals surface area contributed by atoms with Crippen LogP contribution in [0.2, 0.25) is 0 Å². The molecule has 0 aromatic rings. The third-order valence-corrected chi connectivity index (χ3v) is 6.03. The van der Waals surface area contributed by atoms with Gasteiger partial charge >= 0.3 is 0 Å². The summed E-state index contributed by atoms with van der Waals surface area (Å²) in [6.45, 7) is 18.5. The number of rotatable bonds is 10. The lowest BCUT2D eigenvalue weighted by molar-refractivity contribution is 0.189. The van der Waals surface area contributed by atoms with Gasteiger partial charge in [0.2, 0.25) is 0 Å². The molecule has 0 aliphatic carbocycles. The van der Waals surface area contributed by atoms with Crippen molar-refractivity contribution in [3.8, 4) is 0 Å². The lowest BCUT2D eigenvalue weighted by atomic mass is 10.3. The van der Waals surface area contributed by atoms with Gasteiger partial charge in [-0.2, -0.15) is 0 Å². The van der Waals surface area contributed by atoms with Crippen LogP contribution in [0.1, 0.15) is 61.8 Å². The first-order valence-electron chi connectivity index (χ1n) is 7.72. The van der Waals surface area contributed by atoms with E-state index < -0.39 is 8.45 Å². The van der Waals surface area contributed by atoms with E-state index in [1.807, 2.05) is 0 Å². The van der Waals surface area contributed by atoms with Gasteiger partial charge in [0.25, 0.3) is 0 Å². The zero-order valence-corrected chi connectivity index (χ0v) is 15.4. The van der Waals surface area contributed by atoms with Crippen molar-refractivity contribution in [2.75, 3.05) is 6.61 Å². The van der Waals surface area contributed by atoms with Gasteiger partial charge in [0.1, 0.15) is 0 Å². The summed E-state index contributed by atoms with van der Waals surface area (Å²) in [5.41, 5.74) is 0. The largest absolute Gasteiger partial charge is 0.331 e. The Bertz CT molecular complexity index is 234. The summed E-state index contributed by atoms with van der Waals surface area (Å²) in [5.74, 6) is 0. The van der Waals surface area contributed by atoms with Crippen LogP contribution < -0.4 is 0 Å². The second-order valence-corrected chi connectivity index (χ2v) is 7.90. The highest BCUT2D eigenvalue weighted by Gasteiger charge is 2.34. The molecule has 0 heterocycles. The lowest BCUT2D eigenvalue weighted by Crippen LogP contribution is -2.43. The Morgan fingerprint density at radius 3 is 1.45 bits per heavy atom. The lowest BCUT2D eigenvalue weighted by Gasteiger charge is -2.45. The van der Waals surface area contributed by atoms with Crippen LogP contribution in [0.5, 0.6) is 0 Å². The predicted octanol–water partition coefficient (Wildman–Crippen LogP) is 4.51. The van der Waals surface area contributed by atoms with E-state index in [-0.39, 0.29) is 0 Å². The summed E-state index contributed by atoms with van der Waals surface area (Å²) in [6.07, 6.45) is 2.12. The summed E-state index contributed by atoms with van der Waals surface area (Å²) in [7, 11) is -0.794. The quantitative estimate of drug-likeness (QED) is 0.367. The van der Waals surface area contributed by atoms with Gasteiger partial charge in [-0.1, -0.05) is 0 Å². The van der Waals surface area contributed by atoms with Crippen molar-refractivity contribution in [2.45, 2.75) is 86.0 Å². The van der Waals surface area contributed by atoms with Gasteiger partial charge in [0.05, 0.1) is 6.61 Å². The van der Waals surface area contributed by atoms with Gasteiger partial charge in [0.15, 0.2) is 8.45 Å². The smallest absolute Gasteiger partial charge is 0.188 e. The van der Waals surface area contributed by atoms with E-state index in [0.29, 0.717) is 37.2 Å². The van der Waals surface area contributed by atoms with E-state index in [1.165, 1.54) is 6.21 Å². The van der Waals surface area contributed by atoms with E-state index in [9.17, 15) is 0 Å². The van der Waals surface area contributed by atoms with E-state index in [2.05, 4.69) is 64.7 Å². The van der Waals surface area contributed by atoms with Crippen LogP contribution in [-0.4, -0.2) is 46.3 Å². The molecule has 0 aromatic heterocycles. The molecule has 0 fully saturated rings. The zero-order valence-electron chi connectivity index (χ0n) is 14.6. The van der Waals surface area contributed by atoms with E-state index >= 15 is 0 Å². The highest BCUT2D eigenvalue weighted by Crippen LogP contribution is 2.50. The number of nitrogens with zero attached hydrogens (tertiary/aromatic N) is 2. The SMILES string of the molecule is CC(C)N(C(C)C)P(OCCC=N)N(C(C)C)C(C)C. The Morgan fingerprint density at radius 2 is 1.20 bits per heavy atom. The Labute approximate surface area is 127 Å². The molecule has 0 spiro atoms. The molecule has 0 radical (unpaired) electrons. The minimum atomic E-state index is -0.794. The summed E-state index contributed by atoms with van der Waals surface area (Å²) >= 11 is 0. The fourth-order valence-electron chi connectivity index (χ4n) is 2.43. The van der Waals surface area contributed by atoms with Crippen LogP contribution in [0.25, 0.3) is 0 Å². The van der Waals surface area contributed by atoms with Crippen LogP contribution in [-0.2, 0) is 4.52 Å². The molecule has 0 unspecified atom stereocenters. The fraction of sp³-hybridized carbons (Fsp3) is 0.933. The third kappa shape index (κ3) is 6.17. The Balaban J connectivity index is 5.24. The minimum Gasteiger partial charge on any atom is -0.331 e. The maximum Gasteiger partial charge on any atom is 0.188 e. The molecule has 0 rings (SSSR count). The van der Waals surface area contributed by atoms with Gasteiger partial charge < -0.3 is 9.93 Å². The highest BCUT2D eigenvalue weighted by molar-refractivity contribution is 7.47. The van der Waals surface area contributed by atoms with Crippen molar-refractivity contribution in [2.24, 2.45) is 0 Å². The Kier molecular flexibility index (Phi) is 9.82. The van der Waals surface area contributed by atoms with E-state index in [1.54, 1.807) is 0 Å². The predicted molar refractivity (Wildman–Crippen MR) is 90.5 cm³/mol. The fourth-order valence-corrected chi connectivity index (χ4v) is 4.78. The topological polar surface area (TPSA) is 39.6 Å². The summed E-state index contributed by atoms with van der Waals surface area (Å²) < 4.78 is 11.2. The summed E-state index contributed by atoms with van der Waals surface area (Å²) in [6, 6.07) is 1.78. The molecule has 1 N–H and O–H groups in total. The average Bonchev–Trinajstić information content (AvgIpc) is 2.26. The van der Waals surface area contributed by atoms with Crippen molar-refractivity contribution >= 4 is 14.7 Å². The van der Waals surface area contributed by atoms with Crippen LogP contribution in [0.15, 0.2) is 0 Å². The second-order valence-electron chi connectivity index (χ2n) is 6.21. The Morgan fingerprint density at radius 1 is 0.850 bits per heavy atom. The molecule has 20 heavy (non-hydrogen) atoms. The van der Waals surface area contributed by atoms with Gasteiger partial charge in [0, 0.05) is 30.6 Å². The molecule has 0 aromatic carbocycles. The molecular formula is C15H34N3OP. The maximum absolute atomic E-state index is 7.17. The first-order valence-corrected chi connectivity index (χ1v) is 8.88. The van der Waals surface area contributed by atoms with Crippen molar-refractivity contribution in [3.63, 3.8) is 0 Å². The zero-order chi connectivity index (χ0) is 15.9. The summed E-state index contributed by atoms with van der Waals surface area (Å²) in [5, 5.41) is 7.17. The molecule has 0 aliphatic heterocycles. The molecule has 4 nitrogen and oxygen atoms in total. The average molecular weight is 303 g/mol. The van der Waals surface area contributed by atoms with Crippen LogP contribution in [0.4, 0.5) is 0 Å². The molecule has 0 aliphatic rings. The van der Waals surface area contributed by atoms with Crippen LogP contribution in [0.3, 0.4) is 0 Å². The molecule has 0 saturated heterocycles. The molecule has 0 atom stereocenters. The van der Waals surface area contributed by atoms with Crippen molar-refractivity contribution < 1.29 is 4.52 Å². The van der Waals surface area contributed by atoms with Gasteiger partial charge in [-0.15, -0.1) is 0 Å². The number of nitrogens with one attached hydrogen (secondary N) is 1.